The van der Waals surface area contributed by atoms with Crippen LogP contribution in [0.1, 0.15) is 17.0 Å². The van der Waals surface area contributed by atoms with Gasteiger partial charge >= 0.3 is 0 Å². The molecule has 92 valence electrons. The monoisotopic (exact) mass is 304 g/mol. The number of hydrogen-bond acceptors (Lipinski definition) is 3. The fourth-order valence-electron chi connectivity index (χ4n) is 1.76. The minimum absolute atomic E-state index is 0.672. The standard InChI is InChI=1S/C13H13BrN4/c1-9-10(6-11(7-15)18(9)2)8-17-12-4-3-5-16-13(12)14/h3-6,17H,8H2,1-2H3. The van der Waals surface area contributed by atoms with Crippen molar-refractivity contribution in [2.24, 2.45) is 7.05 Å². The van der Waals surface area contributed by atoms with Gasteiger partial charge in [0.05, 0.1) is 5.69 Å². The van der Waals surface area contributed by atoms with Gasteiger partial charge in [0, 0.05) is 25.5 Å². The molecule has 0 radical (unpaired) electrons. The maximum atomic E-state index is 8.98. The normalized spacial score (nSPS) is 10.1. The summed E-state index contributed by atoms with van der Waals surface area (Å²) in [6.45, 7) is 2.68. The van der Waals surface area contributed by atoms with Crippen molar-refractivity contribution >= 4 is 21.6 Å². The summed E-state index contributed by atoms with van der Waals surface area (Å²) >= 11 is 3.39. The van der Waals surface area contributed by atoms with Gasteiger partial charge in [-0.15, -0.1) is 0 Å². The molecule has 0 atom stereocenters. The lowest BCUT2D eigenvalue weighted by Crippen LogP contribution is -2.02. The summed E-state index contributed by atoms with van der Waals surface area (Å²) in [5.41, 5.74) is 3.83. The molecule has 5 heteroatoms. The molecular weight excluding hydrogens is 292 g/mol. The van der Waals surface area contributed by atoms with Crippen molar-refractivity contribution in [1.82, 2.24) is 9.55 Å². The van der Waals surface area contributed by atoms with Crippen LogP contribution in [0.4, 0.5) is 5.69 Å². The second kappa shape index (κ2) is 5.23. The van der Waals surface area contributed by atoms with Gasteiger partial charge in [-0.2, -0.15) is 5.26 Å². The van der Waals surface area contributed by atoms with Crippen molar-refractivity contribution < 1.29 is 0 Å². The van der Waals surface area contributed by atoms with Crippen LogP contribution in [0, 0.1) is 18.3 Å². The Morgan fingerprint density at radius 1 is 1.56 bits per heavy atom. The van der Waals surface area contributed by atoms with E-state index in [9.17, 15) is 0 Å². The minimum Gasteiger partial charge on any atom is -0.379 e. The van der Waals surface area contributed by atoms with Crippen LogP contribution in [0.15, 0.2) is 29.0 Å². The molecule has 0 aliphatic heterocycles. The zero-order valence-electron chi connectivity index (χ0n) is 10.2. The van der Waals surface area contributed by atoms with Crippen molar-refractivity contribution in [2.75, 3.05) is 5.32 Å². The number of nitrogens with one attached hydrogen (secondary N) is 1. The Balaban J connectivity index is 2.17. The third-order valence-electron chi connectivity index (χ3n) is 2.98. The number of anilines is 1. The third-order valence-corrected chi connectivity index (χ3v) is 3.61. The highest BCUT2D eigenvalue weighted by Gasteiger charge is 2.08. The molecule has 0 aliphatic rings. The molecule has 0 aromatic carbocycles. The predicted molar refractivity (Wildman–Crippen MR) is 74.1 cm³/mol. The van der Waals surface area contributed by atoms with E-state index < -0.39 is 0 Å². The molecule has 0 fully saturated rings. The van der Waals surface area contributed by atoms with Gasteiger partial charge in [-0.05, 0) is 46.6 Å². The highest BCUT2D eigenvalue weighted by Crippen LogP contribution is 2.20. The molecule has 1 N–H and O–H groups in total. The lowest BCUT2D eigenvalue weighted by Gasteiger charge is -2.07. The summed E-state index contributed by atoms with van der Waals surface area (Å²) in [6, 6.07) is 7.93. The first kappa shape index (κ1) is 12.7. The molecule has 2 aromatic rings. The SMILES string of the molecule is Cc1c(CNc2cccnc2Br)cc(C#N)n1C. The van der Waals surface area contributed by atoms with Crippen LogP contribution in [-0.2, 0) is 13.6 Å². The summed E-state index contributed by atoms with van der Waals surface area (Å²) in [7, 11) is 1.90. The molecule has 0 bridgehead atoms. The van der Waals surface area contributed by atoms with Crippen molar-refractivity contribution in [2.45, 2.75) is 13.5 Å². The van der Waals surface area contributed by atoms with E-state index in [2.05, 4.69) is 32.3 Å². The fraction of sp³-hybridized carbons (Fsp3) is 0.231. The largest absolute Gasteiger partial charge is 0.379 e. The number of nitriles is 1. The zero-order chi connectivity index (χ0) is 13.1. The summed E-state index contributed by atoms with van der Waals surface area (Å²) < 4.78 is 2.69. The maximum Gasteiger partial charge on any atom is 0.129 e. The quantitative estimate of drug-likeness (QED) is 0.887. The molecule has 2 heterocycles. The average Bonchev–Trinajstić information content (AvgIpc) is 2.65. The van der Waals surface area contributed by atoms with Gasteiger partial charge in [-0.3, -0.25) is 0 Å². The van der Waals surface area contributed by atoms with Crippen molar-refractivity contribution in [1.29, 1.82) is 5.26 Å². The van der Waals surface area contributed by atoms with Crippen LogP contribution in [-0.4, -0.2) is 9.55 Å². The van der Waals surface area contributed by atoms with E-state index in [-0.39, 0.29) is 0 Å². The molecule has 0 unspecified atom stereocenters. The molecular formula is C13H13BrN4. The van der Waals surface area contributed by atoms with E-state index in [1.807, 2.05) is 36.7 Å². The highest BCUT2D eigenvalue weighted by atomic mass is 79.9. The first-order valence-corrected chi connectivity index (χ1v) is 6.32. The summed E-state index contributed by atoms with van der Waals surface area (Å²) in [5.74, 6) is 0. The lowest BCUT2D eigenvalue weighted by atomic mass is 10.2. The molecule has 0 spiro atoms. The van der Waals surface area contributed by atoms with E-state index in [1.54, 1.807) is 6.20 Å². The second-order valence-electron chi connectivity index (χ2n) is 4.01. The van der Waals surface area contributed by atoms with Gasteiger partial charge in [-0.25, -0.2) is 4.98 Å². The third kappa shape index (κ3) is 2.39. The Morgan fingerprint density at radius 3 is 2.94 bits per heavy atom. The Kier molecular flexibility index (Phi) is 3.68. The summed E-state index contributed by atoms with van der Waals surface area (Å²) in [5, 5.41) is 12.3. The van der Waals surface area contributed by atoms with Crippen LogP contribution in [0.5, 0.6) is 0 Å². The molecule has 0 amide bonds. The van der Waals surface area contributed by atoms with Crippen molar-refractivity contribution in [3.8, 4) is 6.07 Å². The molecule has 18 heavy (non-hydrogen) atoms. The Bertz CT molecular complexity index is 610. The van der Waals surface area contributed by atoms with Gasteiger partial charge in [0.15, 0.2) is 0 Å². The first-order chi connectivity index (χ1) is 8.63. The van der Waals surface area contributed by atoms with Gasteiger partial charge in [-0.1, -0.05) is 0 Å². The zero-order valence-corrected chi connectivity index (χ0v) is 11.8. The Morgan fingerprint density at radius 2 is 2.33 bits per heavy atom. The molecule has 0 aliphatic carbocycles. The average molecular weight is 305 g/mol. The number of rotatable bonds is 3. The molecule has 2 rings (SSSR count). The molecule has 0 saturated carbocycles. The van der Waals surface area contributed by atoms with Crippen LogP contribution in [0.25, 0.3) is 0 Å². The second-order valence-corrected chi connectivity index (χ2v) is 4.76. The van der Waals surface area contributed by atoms with E-state index in [0.717, 1.165) is 21.5 Å². The smallest absolute Gasteiger partial charge is 0.129 e. The van der Waals surface area contributed by atoms with Gasteiger partial charge in [0.25, 0.3) is 0 Å². The summed E-state index contributed by atoms with van der Waals surface area (Å²) in [6.07, 6.45) is 1.73. The Labute approximate surface area is 114 Å². The highest BCUT2D eigenvalue weighted by molar-refractivity contribution is 9.10. The van der Waals surface area contributed by atoms with E-state index in [0.29, 0.717) is 12.2 Å². The van der Waals surface area contributed by atoms with Crippen LogP contribution in [0.2, 0.25) is 0 Å². The first-order valence-electron chi connectivity index (χ1n) is 5.53. The van der Waals surface area contributed by atoms with Crippen molar-refractivity contribution in [3.05, 3.63) is 46.0 Å². The van der Waals surface area contributed by atoms with E-state index >= 15 is 0 Å². The molecule has 2 aromatic heterocycles. The lowest BCUT2D eigenvalue weighted by molar-refractivity contribution is 0.856. The van der Waals surface area contributed by atoms with Gasteiger partial charge < -0.3 is 9.88 Å². The Hall–Kier alpha value is -1.80. The predicted octanol–water partition coefficient (Wildman–Crippen LogP) is 2.97. The summed E-state index contributed by atoms with van der Waals surface area (Å²) in [4.78, 5) is 4.15. The van der Waals surface area contributed by atoms with Crippen molar-refractivity contribution in [3.63, 3.8) is 0 Å². The van der Waals surface area contributed by atoms with Gasteiger partial charge in [0.2, 0.25) is 0 Å². The van der Waals surface area contributed by atoms with Crippen LogP contribution >= 0.6 is 15.9 Å². The topological polar surface area (TPSA) is 53.6 Å². The van der Waals surface area contributed by atoms with E-state index in [1.165, 1.54) is 0 Å². The molecule has 4 nitrogen and oxygen atoms in total. The van der Waals surface area contributed by atoms with Crippen LogP contribution in [0.3, 0.4) is 0 Å². The number of halogens is 1. The number of pyridine rings is 1. The number of hydrogen-bond donors (Lipinski definition) is 1. The number of nitrogens with zero attached hydrogens (tertiary/aromatic N) is 3. The molecule has 0 saturated heterocycles. The van der Waals surface area contributed by atoms with E-state index in [4.69, 9.17) is 5.26 Å². The van der Waals surface area contributed by atoms with Gasteiger partial charge in [0.1, 0.15) is 16.4 Å². The maximum absolute atomic E-state index is 8.98. The van der Waals surface area contributed by atoms with Crippen LogP contribution < -0.4 is 5.32 Å². The number of aromatic nitrogens is 2. The fourth-order valence-corrected chi connectivity index (χ4v) is 2.15. The minimum atomic E-state index is 0.672.